The maximum atomic E-state index is 13.1. The Kier molecular flexibility index (Phi) is 4.20. The van der Waals surface area contributed by atoms with Gasteiger partial charge in [0.25, 0.3) is 5.92 Å². The predicted molar refractivity (Wildman–Crippen MR) is 56.6 cm³/mol. The van der Waals surface area contributed by atoms with E-state index in [1.54, 1.807) is 12.1 Å². The minimum Gasteiger partial charge on any atom is -0.494 e. The van der Waals surface area contributed by atoms with E-state index in [4.69, 9.17) is 15.6 Å². The zero-order valence-corrected chi connectivity index (χ0v) is 8.99. The summed E-state index contributed by atoms with van der Waals surface area (Å²) in [6, 6.07) is 4.59. The van der Waals surface area contributed by atoms with Gasteiger partial charge in [0.15, 0.2) is 0 Å². The third kappa shape index (κ3) is 2.90. The van der Waals surface area contributed by atoms with Crippen molar-refractivity contribution < 1.29 is 18.6 Å². The molecule has 0 spiro atoms. The summed E-state index contributed by atoms with van der Waals surface area (Å²) in [6.07, 6.45) is 0. The molecule has 0 aliphatic carbocycles. The number of nitrogens with two attached hydrogens (primary N) is 1. The normalized spacial score (nSPS) is 13.6. The van der Waals surface area contributed by atoms with Gasteiger partial charge in [-0.3, -0.25) is 0 Å². The molecule has 0 aromatic heterocycles. The Hall–Kier alpha value is -1.20. The monoisotopic (exact) mass is 231 g/mol. The molecule has 0 heterocycles. The molecule has 1 aromatic rings. The van der Waals surface area contributed by atoms with Crippen LogP contribution in [0.5, 0.6) is 5.75 Å². The zero-order chi connectivity index (χ0) is 12.2. The molecule has 3 N–H and O–H groups in total. The third-order valence-electron chi connectivity index (χ3n) is 2.22. The molecule has 5 heteroatoms. The first-order valence-electron chi connectivity index (χ1n) is 4.98. The zero-order valence-electron chi connectivity index (χ0n) is 8.99. The summed E-state index contributed by atoms with van der Waals surface area (Å²) >= 11 is 0. The average Bonchev–Trinajstić information content (AvgIpc) is 2.29. The van der Waals surface area contributed by atoms with Crippen molar-refractivity contribution in [2.75, 3.05) is 13.2 Å². The molecular formula is C11H15F2NO2. The van der Waals surface area contributed by atoms with Gasteiger partial charge in [-0.25, -0.2) is 8.78 Å². The molecular weight excluding hydrogens is 216 g/mol. The van der Waals surface area contributed by atoms with Crippen molar-refractivity contribution in [1.29, 1.82) is 0 Å². The van der Waals surface area contributed by atoms with Crippen LogP contribution in [0.1, 0.15) is 18.5 Å². The minimum absolute atomic E-state index is 0.266. The lowest BCUT2D eigenvalue weighted by molar-refractivity contribution is -0.0711. The highest BCUT2D eigenvalue weighted by atomic mass is 19.3. The molecule has 0 saturated heterocycles. The second-order valence-electron chi connectivity index (χ2n) is 3.40. The Balaban J connectivity index is 2.81. The molecule has 1 atom stereocenters. The number of halogens is 2. The van der Waals surface area contributed by atoms with Gasteiger partial charge in [0.2, 0.25) is 0 Å². The highest BCUT2D eigenvalue weighted by Gasteiger charge is 2.37. The Morgan fingerprint density at radius 2 is 1.94 bits per heavy atom. The van der Waals surface area contributed by atoms with Gasteiger partial charge in [-0.1, -0.05) is 12.1 Å². The van der Waals surface area contributed by atoms with Crippen LogP contribution in [0.15, 0.2) is 24.3 Å². The number of aliphatic hydroxyl groups is 1. The van der Waals surface area contributed by atoms with E-state index in [9.17, 15) is 8.78 Å². The summed E-state index contributed by atoms with van der Waals surface area (Å²) in [7, 11) is 0. The van der Waals surface area contributed by atoms with Gasteiger partial charge in [0, 0.05) is 0 Å². The SMILES string of the molecule is CCOc1ccc([C@@H](N)C(F)(F)CO)cc1. The quantitative estimate of drug-likeness (QED) is 0.811. The number of rotatable bonds is 5. The van der Waals surface area contributed by atoms with Crippen molar-refractivity contribution in [3.63, 3.8) is 0 Å². The molecule has 1 aromatic carbocycles. The summed E-state index contributed by atoms with van der Waals surface area (Å²) in [5.41, 5.74) is 5.62. The minimum atomic E-state index is -3.31. The highest BCUT2D eigenvalue weighted by Crippen LogP contribution is 2.29. The molecule has 90 valence electrons. The van der Waals surface area contributed by atoms with Crippen LogP contribution >= 0.6 is 0 Å². The van der Waals surface area contributed by atoms with Crippen molar-refractivity contribution in [3.8, 4) is 5.75 Å². The highest BCUT2D eigenvalue weighted by molar-refractivity contribution is 5.30. The fourth-order valence-corrected chi connectivity index (χ4v) is 1.28. The molecule has 16 heavy (non-hydrogen) atoms. The lowest BCUT2D eigenvalue weighted by atomic mass is 10.0. The first-order chi connectivity index (χ1) is 7.51. The van der Waals surface area contributed by atoms with Crippen LogP contribution in [0.3, 0.4) is 0 Å². The third-order valence-corrected chi connectivity index (χ3v) is 2.22. The molecule has 0 bridgehead atoms. The largest absolute Gasteiger partial charge is 0.494 e. The van der Waals surface area contributed by atoms with Crippen LogP contribution < -0.4 is 10.5 Å². The van der Waals surface area contributed by atoms with E-state index in [0.717, 1.165) is 0 Å². The van der Waals surface area contributed by atoms with E-state index in [2.05, 4.69) is 0 Å². The maximum absolute atomic E-state index is 13.1. The van der Waals surface area contributed by atoms with Crippen LogP contribution in [-0.2, 0) is 0 Å². The van der Waals surface area contributed by atoms with E-state index in [1.165, 1.54) is 12.1 Å². The molecule has 0 fully saturated rings. The Bertz CT molecular complexity index is 327. The Morgan fingerprint density at radius 3 is 2.38 bits per heavy atom. The van der Waals surface area contributed by atoms with Crippen LogP contribution in [0, 0.1) is 0 Å². The summed E-state index contributed by atoms with van der Waals surface area (Å²) in [6.45, 7) is 1.08. The van der Waals surface area contributed by atoms with Gasteiger partial charge in [-0.2, -0.15) is 0 Å². The summed E-state index contributed by atoms with van der Waals surface area (Å²) in [5, 5.41) is 8.51. The second-order valence-corrected chi connectivity index (χ2v) is 3.40. The number of hydrogen-bond acceptors (Lipinski definition) is 3. The summed E-state index contributed by atoms with van der Waals surface area (Å²) in [4.78, 5) is 0. The van der Waals surface area contributed by atoms with Crippen molar-refractivity contribution in [3.05, 3.63) is 29.8 Å². The molecule has 1 rings (SSSR count). The average molecular weight is 231 g/mol. The molecule has 0 aliphatic heterocycles. The van der Waals surface area contributed by atoms with Crippen molar-refractivity contribution in [1.82, 2.24) is 0 Å². The number of hydrogen-bond donors (Lipinski definition) is 2. The number of benzene rings is 1. The molecule has 0 unspecified atom stereocenters. The van der Waals surface area contributed by atoms with Gasteiger partial charge in [-0.05, 0) is 24.6 Å². The molecule has 0 amide bonds. The Labute approximate surface area is 92.8 Å². The molecule has 3 nitrogen and oxygen atoms in total. The lowest BCUT2D eigenvalue weighted by Crippen LogP contribution is -2.36. The summed E-state index contributed by atoms with van der Waals surface area (Å²) < 4.78 is 31.3. The van der Waals surface area contributed by atoms with Crippen LogP contribution in [0.25, 0.3) is 0 Å². The van der Waals surface area contributed by atoms with Gasteiger partial charge < -0.3 is 15.6 Å². The van der Waals surface area contributed by atoms with E-state index >= 15 is 0 Å². The lowest BCUT2D eigenvalue weighted by Gasteiger charge is -2.21. The first-order valence-corrected chi connectivity index (χ1v) is 4.98. The van der Waals surface area contributed by atoms with E-state index in [-0.39, 0.29) is 5.56 Å². The second kappa shape index (κ2) is 5.23. The fraction of sp³-hybridized carbons (Fsp3) is 0.455. The van der Waals surface area contributed by atoms with Crippen molar-refractivity contribution in [2.24, 2.45) is 5.73 Å². The number of ether oxygens (including phenoxy) is 1. The molecule has 0 radical (unpaired) electrons. The summed E-state index contributed by atoms with van der Waals surface area (Å²) in [5.74, 6) is -2.71. The van der Waals surface area contributed by atoms with E-state index < -0.39 is 18.6 Å². The maximum Gasteiger partial charge on any atom is 0.289 e. The van der Waals surface area contributed by atoms with Gasteiger partial charge in [0.05, 0.1) is 12.6 Å². The van der Waals surface area contributed by atoms with E-state index in [0.29, 0.717) is 12.4 Å². The van der Waals surface area contributed by atoms with Crippen LogP contribution in [0.2, 0.25) is 0 Å². The van der Waals surface area contributed by atoms with Gasteiger partial charge in [-0.15, -0.1) is 0 Å². The number of aliphatic hydroxyl groups excluding tert-OH is 1. The van der Waals surface area contributed by atoms with Crippen LogP contribution in [-0.4, -0.2) is 24.2 Å². The first kappa shape index (κ1) is 12.9. The van der Waals surface area contributed by atoms with E-state index in [1.807, 2.05) is 6.92 Å². The van der Waals surface area contributed by atoms with Gasteiger partial charge >= 0.3 is 0 Å². The Morgan fingerprint density at radius 1 is 1.38 bits per heavy atom. The topological polar surface area (TPSA) is 55.5 Å². The van der Waals surface area contributed by atoms with Crippen LogP contribution in [0.4, 0.5) is 8.78 Å². The smallest absolute Gasteiger partial charge is 0.289 e. The standard InChI is InChI=1S/C11H15F2NO2/c1-2-16-9-5-3-8(4-6-9)10(14)11(12,13)7-15/h3-6,10,15H,2,7,14H2,1H3/t10-/m1/s1. The fourth-order valence-electron chi connectivity index (χ4n) is 1.28. The van der Waals surface area contributed by atoms with Gasteiger partial charge in [0.1, 0.15) is 12.4 Å². The van der Waals surface area contributed by atoms with Crippen molar-refractivity contribution in [2.45, 2.75) is 18.9 Å². The molecule has 0 aliphatic rings. The van der Waals surface area contributed by atoms with Crippen molar-refractivity contribution >= 4 is 0 Å². The molecule has 0 saturated carbocycles. The number of alkyl halides is 2. The predicted octanol–water partition coefficient (Wildman–Crippen LogP) is 1.71.